The number of carbonyl (C=O) groups is 2. The standard InChI is InChI=1S/C17H25NO5/c1-5-22-15(19)12-21-11-14(13-9-7-6-8-10-13)18-16(20)23-17(2,3)4/h6-10,14H,5,11-12H2,1-4H3,(H,18,20)/t14-/m1/s1. The molecule has 1 aromatic carbocycles. The van der Waals surface area contributed by atoms with E-state index in [9.17, 15) is 9.59 Å². The summed E-state index contributed by atoms with van der Waals surface area (Å²) in [6, 6.07) is 8.94. The number of rotatable bonds is 7. The molecule has 1 rings (SSSR count). The maximum Gasteiger partial charge on any atom is 0.408 e. The van der Waals surface area contributed by atoms with Gasteiger partial charge in [0.2, 0.25) is 0 Å². The van der Waals surface area contributed by atoms with E-state index in [1.807, 2.05) is 30.3 Å². The minimum absolute atomic E-state index is 0.141. The number of amides is 1. The molecule has 1 N–H and O–H groups in total. The lowest BCUT2D eigenvalue weighted by molar-refractivity contribution is -0.148. The summed E-state index contributed by atoms with van der Waals surface area (Å²) < 4.78 is 15.4. The molecule has 0 spiro atoms. The van der Waals surface area contributed by atoms with Gasteiger partial charge < -0.3 is 19.5 Å². The number of hydrogen-bond acceptors (Lipinski definition) is 5. The smallest absolute Gasteiger partial charge is 0.408 e. The van der Waals surface area contributed by atoms with Gasteiger partial charge in [0.1, 0.15) is 12.2 Å². The van der Waals surface area contributed by atoms with Crippen LogP contribution >= 0.6 is 0 Å². The molecule has 0 fully saturated rings. The minimum Gasteiger partial charge on any atom is -0.464 e. The van der Waals surface area contributed by atoms with Gasteiger partial charge in [-0.15, -0.1) is 0 Å². The lowest BCUT2D eigenvalue weighted by Gasteiger charge is -2.24. The number of hydrogen-bond donors (Lipinski definition) is 1. The van der Waals surface area contributed by atoms with E-state index < -0.39 is 23.7 Å². The first-order valence-electron chi connectivity index (χ1n) is 7.59. The van der Waals surface area contributed by atoms with Gasteiger partial charge in [-0.05, 0) is 33.3 Å². The van der Waals surface area contributed by atoms with Gasteiger partial charge >= 0.3 is 12.1 Å². The number of esters is 1. The van der Waals surface area contributed by atoms with E-state index in [0.29, 0.717) is 6.61 Å². The number of nitrogens with one attached hydrogen (secondary N) is 1. The second-order valence-electron chi connectivity index (χ2n) is 5.93. The Balaban J connectivity index is 2.63. The largest absolute Gasteiger partial charge is 0.464 e. The van der Waals surface area contributed by atoms with Gasteiger partial charge in [-0.1, -0.05) is 30.3 Å². The van der Waals surface area contributed by atoms with Crippen molar-refractivity contribution in [2.24, 2.45) is 0 Å². The Morgan fingerprint density at radius 2 is 1.83 bits per heavy atom. The molecule has 6 heteroatoms. The Kier molecular flexibility index (Phi) is 7.54. The third-order valence-corrected chi connectivity index (χ3v) is 2.70. The highest BCUT2D eigenvalue weighted by atomic mass is 16.6. The average Bonchev–Trinajstić information content (AvgIpc) is 2.45. The molecule has 0 heterocycles. The molecule has 0 radical (unpaired) electrons. The Bertz CT molecular complexity index is 495. The minimum atomic E-state index is -0.586. The van der Waals surface area contributed by atoms with Crippen LogP contribution in [0, 0.1) is 0 Å². The number of ether oxygens (including phenoxy) is 3. The molecule has 1 aromatic rings. The number of alkyl carbamates (subject to hydrolysis) is 1. The van der Waals surface area contributed by atoms with E-state index in [1.165, 1.54) is 0 Å². The molecule has 0 saturated heterocycles. The first-order valence-corrected chi connectivity index (χ1v) is 7.59. The van der Waals surface area contributed by atoms with Crippen molar-refractivity contribution in [2.45, 2.75) is 39.3 Å². The maximum absolute atomic E-state index is 12.0. The van der Waals surface area contributed by atoms with Gasteiger partial charge in [-0.3, -0.25) is 0 Å². The number of benzene rings is 1. The fraction of sp³-hybridized carbons (Fsp3) is 0.529. The van der Waals surface area contributed by atoms with E-state index in [2.05, 4.69) is 5.32 Å². The fourth-order valence-corrected chi connectivity index (χ4v) is 1.82. The van der Waals surface area contributed by atoms with Crippen LogP contribution in [0.25, 0.3) is 0 Å². The molecular weight excluding hydrogens is 298 g/mol. The lowest BCUT2D eigenvalue weighted by Crippen LogP contribution is -2.37. The summed E-state index contributed by atoms with van der Waals surface area (Å²) in [6.07, 6.45) is -0.536. The van der Waals surface area contributed by atoms with Gasteiger partial charge in [0.25, 0.3) is 0 Å². The molecular formula is C17H25NO5. The van der Waals surface area contributed by atoms with Crippen molar-refractivity contribution < 1.29 is 23.8 Å². The molecule has 1 amide bonds. The highest BCUT2D eigenvalue weighted by Crippen LogP contribution is 2.15. The maximum atomic E-state index is 12.0. The molecule has 6 nitrogen and oxygen atoms in total. The summed E-state index contributed by atoms with van der Waals surface area (Å²) in [5.41, 5.74) is 0.277. The third-order valence-electron chi connectivity index (χ3n) is 2.70. The normalized spacial score (nSPS) is 12.3. The lowest BCUT2D eigenvalue weighted by atomic mass is 10.1. The average molecular weight is 323 g/mol. The van der Waals surface area contributed by atoms with Gasteiger partial charge in [-0.25, -0.2) is 9.59 Å². The topological polar surface area (TPSA) is 73.9 Å². The summed E-state index contributed by atoms with van der Waals surface area (Å²) in [5.74, 6) is -0.434. The van der Waals surface area contributed by atoms with Gasteiger partial charge in [0.05, 0.1) is 19.3 Å². The van der Waals surface area contributed by atoms with Crippen LogP contribution < -0.4 is 5.32 Å². The molecule has 0 aliphatic rings. The number of carbonyl (C=O) groups excluding carboxylic acids is 2. The zero-order valence-corrected chi connectivity index (χ0v) is 14.1. The van der Waals surface area contributed by atoms with Crippen LogP contribution in [0.5, 0.6) is 0 Å². The summed E-state index contributed by atoms with van der Waals surface area (Å²) in [4.78, 5) is 23.3. The molecule has 1 atom stereocenters. The summed E-state index contributed by atoms with van der Waals surface area (Å²) >= 11 is 0. The molecule has 0 saturated carbocycles. The van der Waals surface area contributed by atoms with Crippen LogP contribution in [-0.4, -0.2) is 37.5 Å². The Morgan fingerprint density at radius 3 is 2.39 bits per heavy atom. The molecule has 0 aliphatic carbocycles. The van der Waals surface area contributed by atoms with E-state index in [1.54, 1.807) is 27.7 Å². The van der Waals surface area contributed by atoms with Crippen LogP contribution in [0.4, 0.5) is 4.79 Å². The summed E-state index contributed by atoms with van der Waals surface area (Å²) in [7, 11) is 0. The monoisotopic (exact) mass is 323 g/mol. The predicted octanol–water partition coefficient (Wildman–Crippen LogP) is 2.83. The zero-order chi connectivity index (χ0) is 17.3. The predicted molar refractivity (Wildman–Crippen MR) is 86.0 cm³/mol. The first-order chi connectivity index (χ1) is 10.8. The van der Waals surface area contributed by atoms with Crippen molar-refractivity contribution in [1.82, 2.24) is 5.32 Å². The second-order valence-corrected chi connectivity index (χ2v) is 5.93. The summed E-state index contributed by atoms with van der Waals surface area (Å²) in [6.45, 7) is 7.40. The zero-order valence-electron chi connectivity index (χ0n) is 14.1. The van der Waals surface area contributed by atoms with Crippen LogP contribution in [0.2, 0.25) is 0 Å². The highest BCUT2D eigenvalue weighted by molar-refractivity contribution is 5.70. The van der Waals surface area contributed by atoms with E-state index in [4.69, 9.17) is 14.2 Å². The molecule has 23 heavy (non-hydrogen) atoms. The molecule has 0 aromatic heterocycles. The van der Waals surface area contributed by atoms with Crippen LogP contribution in [0.1, 0.15) is 39.3 Å². The van der Waals surface area contributed by atoms with Crippen molar-refractivity contribution in [3.63, 3.8) is 0 Å². The van der Waals surface area contributed by atoms with E-state index in [0.717, 1.165) is 5.56 Å². The van der Waals surface area contributed by atoms with Crippen molar-refractivity contribution in [1.29, 1.82) is 0 Å². The quantitative estimate of drug-likeness (QED) is 0.781. The van der Waals surface area contributed by atoms with E-state index >= 15 is 0 Å². The SMILES string of the molecule is CCOC(=O)COC[C@@H](NC(=O)OC(C)(C)C)c1ccccc1. The van der Waals surface area contributed by atoms with Gasteiger partial charge in [0, 0.05) is 0 Å². The summed E-state index contributed by atoms with van der Waals surface area (Å²) in [5, 5.41) is 2.76. The Labute approximate surface area is 137 Å². The fourth-order valence-electron chi connectivity index (χ4n) is 1.82. The van der Waals surface area contributed by atoms with Crippen molar-refractivity contribution in [3.8, 4) is 0 Å². The Morgan fingerprint density at radius 1 is 1.17 bits per heavy atom. The van der Waals surface area contributed by atoms with Gasteiger partial charge in [0.15, 0.2) is 0 Å². The second kappa shape index (κ2) is 9.15. The highest BCUT2D eigenvalue weighted by Gasteiger charge is 2.21. The molecule has 128 valence electrons. The third kappa shape index (κ3) is 8.21. The molecule has 0 aliphatic heterocycles. The van der Waals surface area contributed by atoms with Crippen molar-refractivity contribution >= 4 is 12.1 Å². The van der Waals surface area contributed by atoms with Crippen LogP contribution in [-0.2, 0) is 19.0 Å². The van der Waals surface area contributed by atoms with Crippen molar-refractivity contribution in [3.05, 3.63) is 35.9 Å². The van der Waals surface area contributed by atoms with Crippen molar-refractivity contribution in [2.75, 3.05) is 19.8 Å². The van der Waals surface area contributed by atoms with Gasteiger partial charge in [-0.2, -0.15) is 0 Å². The van der Waals surface area contributed by atoms with Crippen LogP contribution in [0.15, 0.2) is 30.3 Å². The van der Waals surface area contributed by atoms with Crippen LogP contribution in [0.3, 0.4) is 0 Å². The first kappa shape index (κ1) is 19.0. The van der Waals surface area contributed by atoms with E-state index in [-0.39, 0.29) is 13.2 Å². The molecule has 0 unspecified atom stereocenters. The molecule has 0 bridgehead atoms. The Hall–Kier alpha value is -2.08.